The Bertz CT molecular complexity index is 688. The molecule has 1 unspecified atom stereocenters. The van der Waals surface area contributed by atoms with Gasteiger partial charge in [-0.15, -0.1) is 0 Å². The van der Waals surface area contributed by atoms with Crippen molar-refractivity contribution in [1.29, 1.82) is 5.26 Å². The topological polar surface area (TPSA) is 73.4 Å². The van der Waals surface area contributed by atoms with Gasteiger partial charge in [0.1, 0.15) is 0 Å². The minimum absolute atomic E-state index is 0.235. The zero-order valence-corrected chi connectivity index (χ0v) is 15.3. The number of rotatable bonds is 3. The van der Waals surface area contributed by atoms with Gasteiger partial charge in [0.2, 0.25) is 5.91 Å². The summed E-state index contributed by atoms with van der Waals surface area (Å²) in [5, 5.41) is 9.16. The third kappa shape index (κ3) is 3.80. The molecule has 1 saturated heterocycles. The average Bonchev–Trinajstić information content (AvgIpc) is 3.13. The second-order valence-electron chi connectivity index (χ2n) is 7.56. The number of nitrogens with zero attached hydrogens (tertiary/aromatic N) is 3. The Hall–Kier alpha value is -2.06. The number of piperazine rings is 1. The summed E-state index contributed by atoms with van der Waals surface area (Å²) in [6.07, 6.45) is 4.51. The van der Waals surface area contributed by atoms with Crippen LogP contribution in [0.25, 0.3) is 0 Å². The maximum atomic E-state index is 12.7. The highest BCUT2D eigenvalue weighted by molar-refractivity contribution is 5.79. The van der Waals surface area contributed by atoms with E-state index >= 15 is 0 Å². The van der Waals surface area contributed by atoms with Crippen LogP contribution >= 0.6 is 0 Å². The molecular formula is C20H28N4O. The summed E-state index contributed by atoms with van der Waals surface area (Å²) in [4.78, 5) is 17.2. The highest BCUT2D eigenvalue weighted by atomic mass is 16.2. The molecule has 1 aromatic rings. The molecule has 1 aliphatic carbocycles. The van der Waals surface area contributed by atoms with Gasteiger partial charge in [-0.3, -0.25) is 9.69 Å². The summed E-state index contributed by atoms with van der Waals surface area (Å²) in [6.45, 7) is 7.47. The molecular weight excluding hydrogens is 312 g/mol. The zero-order valence-electron chi connectivity index (χ0n) is 15.3. The number of carbonyl (C=O) groups excluding carboxylic acids is 1. The molecule has 1 aromatic carbocycles. The fourth-order valence-electron chi connectivity index (χ4n) is 4.18. The molecule has 0 aromatic heterocycles. The average molecular weight is 340 g/mol. The predicted octanol–water partition coefficient (Wildman–Crippen LogP) is 2.67. The molecule has 5 nitrogen and oxygen atoms in total. The number of nitrogens with two attached hydrogens (primary N) is 1. The first-order valence-electron chi connectivity index (χ1n) is 9.31. The lowest BCUT2D eigenvalue weighted by Crippen LogP contribution is -2.54. The van der Waals surface area contributed by atoms with Gasteiger partial charge in [0.25, 0.3) is 0 Å². The van der Waals surface area contributed by atoms with Crippen LogP contribution in [-0.4, -0.2) is 41.4 Å². The third-order valence-corrected chi connectivity index (χ3v) is 5.78. The van der Waals surface area contributed by atoms with Crippen molar-refractivity contribution in [2.75, 3.05) is 25.4 Å². The number of amides is 1. The van der Waals surface area contributed by atoms with E-state index in [0.717, 1.165) is 50.1 Å². The Morgan fingerprint density at radius 3 is 2.68 bits per heavy atom. The fraction of sp³-hybridized carbons (Fsp3) is 0.600. The fourth-order valence-corrected chi connectivity index (χ4v) is 4.18. The van der Waals surface area contributed by atoms with E-state index in [-0.39, 0.29) is 12.0 Å². The second-order valence-corrected chi connectivity index (χ2v) is 7.56. The van der Waals surface area contributed by atoms with Gasteiger partial charge in [0.05, 0.1) is 11.6 Å². The normalized spacial score (nSPS) is 22.1. The van der Waals surface area contributed by atoms with E-state index < -0.39 is 0 Å². The van der Waals surface area contributed by atoms with E-state index in [2.05, 4.69) is 22.8 Å². The molecule has 1 saturated carbocycles. The lowest BCUT2D eigenvalue weighted by Gasteiger charge is -2.41. The van der Waals surface area contributed by atoms with Crippen LogP contribution in [0.15, 0.2) is 12.1 Å². The van der Waals surface area contributed by atoms with Gasteiger partial charge in [-0.2, -0.15) is 5.26 Å². The monoisotopic (exact) mass is 340 g/mol. The molecule has 25 heavy (non-hydrogen) atoms. The lowest BCUT2D eigenvalue weighted by atomic mass is 10.0. The molecule has 2 N–H and O–H groups in total. The summed E-state index contributed by atoms with van der Waals surface area (Å²) in [6, 6.07) is 6.09. The van der Waals surface area contributed by atoms with E-state index in [1.807, 2.05) is 13.0 Å². The van der Waals surface area contributed by atoms with Gasteiger partial charge in [0.15, 0.2) is 0 Å². The molecule has 1 heterocycles. The van der Waals surface area contributed by atoms with Crippen molar-refractivity contribution in [3.05, 3.63) is 28.8 Å². The number of benzene rings is 1. The van der Waals surface area contributed by atoms with E-state index in [4.69, 9.17) is 11.0 Å². The van der Waals surface area contributed by atoms with Crippen LogP contribution in [0, 0.1) is 24.2 Å². The van der Waals surface area contributed by atoms with Gasteiger partial charge in [-0.05, 0) is 49.9 Å². The summed E-state index contributed by atoms with van der Waals surface area (Å²) < 4.78 is 0. The molecule has 0 radical (unpaired) electrons. The predicted molar refractivity (Wildman–Crippen MR) is 98.7 cm³/mol. The Labute approximate surface area is 150 Å². The standard InChI is InChI=1S/C20H28N4O/c1-14-12-23(7-8-24(14)20(25)17-5-3-4-6-17)13-18-9-16(11-21)10-19(22)15(18)2/h9-10,14,17H,3-8,12-13,22H2,1-2H3. The number of anilines is 1. The SMILES string of the molecule is Cc1c(N)cc(C#N)cc1CN1CCN(C(=O)C2CCCC2)C(C)C1. The van der Waals surface area contributed by atoms with Crippen LogP contribution in [0.1, 0.15) is 49.3 Å². The largest absolute Gasteiger partial charge is 0.398 e. The first-order chi connectivity index (χ1) is 12.0. The van der Waals surface area contributed by atoms with Crippen LogP contribution < -0.4 is 5.73 Å². The molecule has 5 heteroatoms. The number of carbonyl (C=O) groups is 1. The first-order valence-corrected chi connectivity index (χ1v) is 9.31. The van der Waals surface area contributed by atoms with Crippen molar-refractivity contribution in [1.82, 2.24) is 9.80 Å². The summed E-state index contributed by atoms with van der Waals surface area (Å²) in [5.74, 6) is 0.611. The molecule has 0 spiro atoms. The Morgan fingerprint density at radius 2 is 2.04 bits per heavy atom. The van der Waals surface area contributed by atoms with Crippen molar-refractivity contribution >= 4 is 11.6 Å². The summed E-state index contributed by atoms with van der Waals surface area (Å²) in [7, 11) is 0. The van der Waals surface area contributed by atoms with Crippen molar-refractivity contribution < 1.29 is 4.79 Å². The molecule has 3 rings (SSSR count). The first kappa shape index (κ1) is 17.8. The van der Waals surface area contributed by atoms with Gasteiger partial charge in [-0.1, -0.05) is 12.8 Å². The summed E-state index contributed by atoms with van der Waals surface area (Å²) in [5.41, 5.74) is 9.49. The highest BCUT2D eigenvalue weighted by Crippen LogP contribution is 2.28. The van der Waals surface area contributed by atoms with Crippen LogP contribution in [0.4, 0.5) is 5.69 Å². The van der Waals surface area contributed by atoms with Gasteiger partial charge in [0, 0.05) is 43.8 Å². The van der Waals surface area contributed by atoms with Gasteiger partial charge < -0.3 is 10.6 Å². The number of hydrogen-bond donors (Lipinski definition) is 1. The zero-order chi connectivity index (χ0) is 18.0. The number of nitriles is 1. The van der Waals surface area contributed by atoms with Gasteiger partial charge in [-0.25, -0.2) is 0 Å². The van der Waals surface area contributed by atoms with Crippen LogP contribution in [0.3, 0.4) is 0 Å². The van der Waals surface area contributed by atoms with E-state index in [0.29, 0.717) is 17.2 Å². The van der Waals surface area contributed by atoms with Crippen LogP contribution in [-0.2, 0) is 11.3 Å². The van der Waals surface area contributed by atoms with Gasteiger partial charge >= 0.3 is 0 Å². The maximum Gasteiger partial charge on any atom is 0.226 e. The van der Waals surface area contributed by atoms with Crippen LogP contribution in [0.5, 0.6) is 0 Å². The van der Waals surface area contributed by atoms with Crippen molar-refractivity contribution in [2.45, 2.75) is 52.1 Å². The summed E-state index contributed by atoms with van der Waals surface area (Å²) >= 11 is 0. The minimum atomic E-state index is 0.235. The third-order valence-electron chi connectivity index (χ3n) is 5.78. The Morgan fingerprint density at radius 1 is 1.32 bits per heavy atom. The molecule has 1 atom stereocenters. The lowest BCUT2D eigenvalue weighted by molar-refractivity contribution is -0.140. The van der Waals surface area contributed by atoms with Crippen molar-refractivity contribution in [2.24, 2.45) is 5.92 Å². The Kier molecular flexibility index (Phi) is 5.29. The molecule has 2 aliphatic rings. The second kappa shape index (κ2) is 7.45. The number of nitrogen functional groups attached to an aromatic ring is 1. The maximum absolute atomic E-state index is 12.7. The van der Waals surface area contributed by atoms with Crippen molar-refractivity contribution in [3.63, 3.8) is 0 Å². The Balaban J connectivity index is 1.65. The quantitative estimate of drug-likeness (QED) is 0.859. The highest BCUT2D eigenvalue weighted by Gasteiger charge is 2.33. The van der Waals surface area contributed by atoms with Crippen molar-refractivity contribution in [3.8, 4) is 6.07 Å². The van der Waals surface area contributed by atoms with E-state index in [1.54, 1.807) is 6.07 Å². The molecule has 134 valence electrons. The molecule has 1 aliphatic heterocycles. The minimum Gasteiger partial charge on any atom is -0.398 e. The molecule has 1 amide bonds. The van der Waals surface area contributed by atoms with E-state index in [1.165, 1.54) is 12.8 Å². The van der Waals surface area contributed by atoms with E-state index in [9.17, 15) is 4.79 Å². The number of hydrogen-bond acceptors (Lipinski definition) is 4. The van der Waals surface area contributed by atoms with Crippen LogP contribution in [0.2, 0.25) is 0 Å². The smallest absolute Gasteiger partial charge is 0.226 e. The molecule has 0 bridgehead atoms. The molecule has 2 fully saturated rings.